The number of nitrogens with zero attached hydrogens (tertiary/aromatic N) is 1. The van der Waals surface area contributed by atoms with E-state index in [1.807, 2.05) is 18.2 Å². The Morgan fingerprint density at radius 3 is 2.42 bits per heavy atom. The van der Waals surface area contributed by atoms with Gasteiger partial charge < -0.3 is 0 Å². The van der Waals surface area contributed by atoms with Crippen LogP contribution in [0.5, 0.6) is 0 Å². The summed E-state index contributed by atoms with van der Waals surface area (Å²) in [6.07, 6.45) is 4.03. The average Bonchev–Trinajstić information content (AvgIpc) is 2.68. The molecule has 0 aliphatic carbocycles. The van der Waals surface area contributed by atoms with Gasteiger partial charge in [0.1, 0.15) is 5.82 Å². The first-order chi connectivity index (χ1) is 12.7. The molecule has 0 saturated heterocycles. The summed E-state index contributed by atoms with van der Waals surface area (Å²) in [5.74, 6) is -0.241. The lowest BCUT2D eigenvalue weighted by atomic mass is 9.98. The summed E-state index contributed by atoms with van der Waals surface area (Å²) in [6, 6.07) is 23.8. The summed E-state index contributed by atoms with van der Waals surface area (Å²) in [5.41, 5.74) is 5.49. The Morgan fingerprint density at radius 1 is 0.808 bits per heavy atom. The molecule has 4 aromatic rings. The molecule has 0 bridgehead atoms. The van der Waals surface area contributed by atoms with Gasteiger partial charge in [0.15, 0.2) is 0 Å². The lowest BCUT2D eigenvalue weighted by Gasteiger charge is -2.09. The molecule has 0 spiro atoms. The van der Waals surface area contributed by atoms with Gasteiger partial charge in [-0.25, -0.2) is 4.39 Å². The molecule has 2 heteroatoms. The van der Waals surface area contributed by atoms with Crippen LogP contribution in [0.1, 0.15) is 18.9 Å². The number of aryl methyl sites for hydroxylation is 1. The highest BCUT2D eigenvalue weighted by molar-refractivity contribution is 5.95. The quantitative estimate of drug-likeness (QED) is 0.404. The Morgan fingerprint density at radius 2 is 1.62 bits per heavy atom. The molecule has 0 saturated carbocycles. The van der Waals surface area contributed by atoms with E-state index in [1.54, 1.807) is 18.3 Å². The molecule has 1 aromatic heterocycles. The van der Waals surface area contributed by atoms with E-state index in [1.165, 1.54) is 17.2 Å². The minimum Gasteiger partial charge on any atom is -0.256 e. The summed E-state index contributed by atoms with van der Waals surface area (Å²) >= 11 is 0. The molecule has 128 valence electrons. The fourth-order valence-electron chi connectivity index (χ4n) is 3.37. The van der Waals surface area contributed by atoms with Crippen molar-refractivity contribution in [2.24, 2.45) is 0 Å². The van der Waals surface area contributed by atoms with Crippen molar-refractivity contribution >= 4 is 10.8 Å². The van der Waals surface area contributed by atoms with E-state index in [4.69, 9.17) is 0 Å². The molecule has 0 radical (unpaired) electrons. The topological polar surface area (TPSA) is 12.9 Å². The maximum absolute atomic E-state index is 13.7. The third kappa shape index (κ3) is 3.23. The maximum Gasteiger partial charge on any atom is 0.123 e. The highest BCUT2D eigenvalue weighted by Crippen LogP contribution is 2.30. The van der Waals surface area contributed by atoms with Crippen LogP contribution < -0.4 is 0 Å². The third-order valence-electron chi connectivity index (χ3n) is 4.69. The minimum atomic E-state index is -0.241. The van der Waals surface area contributed by atoms with Crippen LogP contribution in [0, 0.1) is 5.82 Å². The zero-order chi connectivity index (χ0) is 17.9. The molecule has 0 amide bonds. The maximum atomic E-state index is 13.7. The van der Waals surface area contributed by atoms with E-state index in [-0.39, 0.29) is 5.82 Å². The van der Waals surface area contributed by atoms with Crippen LogP contribution >= 0.6 is 0 Å². The van der Waals surface area contributed by atoms with Crippen molar-refractivity contribution in [3.8, 4) is 22.4 Å². The van der Waals surface area contributed by atoms with Crippen LogP contribution in [-0.2, 0) is 6.42 Å². The van der Waals surface area contributed by atoms with Crippen molar-refractivity contribution in [1.29, 1.82) is 0 Å². The minimum absolute atomic E-state index is 0.241. The Balaban J connectivity index is 1.78. The van der Waals surface area contributed by atoms with Crippen LogP contribution in [0.2, 0.25) is 0 Å². The van der Waals surface area contributed by atoms with Gasteiger partial charge in [-0.15, -0.1) is 0 Å². The Labute approximate surface area is 153 Å². The van der Waals surface area contributed by atoms with Gasteiger partial charge in [-0.2, -0.15) is 0 Å². The van der Waals surface area contributed by atoms with Crippen LogP contribution in [0.25, 0.3) is 33.2 Å². The van der Waals surface area contributed by atoms with Gasteiger partial charge in [0.2, 0.25) is 0 Å². The van der Waals surface area contributed by atoms with Gasteiger partial charge >= 0.3 is 0 Å². The number of rotatable bonds is 4. The second-order valence-electron chi connectivity index (χ2n) is 6.55. The molecule has 0 N–H and O–H groups in total. The number of fused-ring (bicyclic) bond motifs is 1. The number of halogens is 1. The Bertz CT molecular complexity index is 1050. The second kappa shape index (κ2) is 7.09. The Hall–Kier alpha value is -3.00. The number of hydrogen-bond donors (Lipinski definition) is 0. The summed E-state index contributed by atoms with van der Waals surface area (Å²) in [4.78, 5) is 4.52. The monoisotopic (exact) mass is 341 g/mol. The van der Waals surface area contributed by atoms with Gasteiger partial charge in [0, 0.05) is 17.1 Å². The predicted octanol–water partition coefficient (Wildman–Crippen LogP) is 6.66. The normalized spacial score (nSPS) is 11.0. The van der Waals surface area contributed by atoms with Crippen LogP contribution in [0.3, 0.4) is 0 Å². The molecule has 4 rings (SSSR count). The fraction of sp³-hybridized carbons (Fsp3) is 0.125. The van der Waals surface area contributed by atoms with E-state index < -0.39 is 0 Å². The second-order valence-corrected chi connectivity index (χ2v) is 6.55. The first kappa shape index (κ1) is 16.5. The standard InChI is InChI=1S/C24H20FN/c1-2-4-17-7-9-18(10-8-17)20-5-3-6-21(15-20)24-23-16-22(25)12-11-19(23)13-14-26-24/h3,5-16H,2,4H2,1H3. The molecule has 26 heavy (non-hydrogen) atoms. The van der Waals surface area contributed by atoms with Gasteiger partial charge in [0.05, 0.1) is 5.69 Å². The number of benzene rings is 3. The molecule has 1 heterocycles. The molecular weight excluding hydrogens is 321 g/mol. The largest absolute Gasteiger partial charge is 0.256 e. The molecular formula is C24H20FN. The lowest BCUT2D eigenvalue weighted by Crippen LogP contribution is -1.88. The van der Waals surface area contributed by atoms with E-state index in [2.05, 4.69) is 48.3 Å². The third-order valence-corrected chi connectivity index (χ3v) is 4.69. The van der Waals surface area contributed by atoms with E-state index in [0.29, 0.717) is 0 Å². The summed E-state index contributed by atoms with van der Waals surface area (Å²) in [6.45, 7) is 2.19. The molecule has 0 unspecified atom stereocenters. The number of pyridine rings is 1. The summed E-state index contributed by atoms with van der Waals surface area (Å²) in [5, 5.41) is 1.83. The van der Waals surface area contributed by atoms with Gasteiger partial charge in [0.25, 0.3) is 0 Å². The molecule has 0 aliphatic rings. The van der Waals surface area contributed by atoms with E-state index in [0.717, 1.165) is 40.4 Å². The van der Waals surface area contributed by atoms with Gasteiger partial charge in [-0.1, -0.05) is 61.9 Å². The fourth-order valence-corrected chi connectivity index (χ4v) is 3.37. The van der Waals surface area contributed by atoms with Crippen molar-refractivity contribution in [2.75, 3.05) is 0 Å². The number of hydrogen-bond acceptors (Lipinski definition) is 1. The van der Waals surface area contributed by atoms with Gasteiger partial charge in [-0.05, 0) is 52.8 Å². The van der Waals surface area contributed by atoms with Crippen molar-refractivity contribution in [1.82, 2.24) is 4.98 Å². The SMILES string of the molecule is CCCc1ccc(-c2cccc(-c3nccc4ccc(F)cc34)c2)cc1. The zero-order valence-electron chi connectivity index (χ0n) is 14.7. The predicted molar refractivity (Wildman–Crippen MR) is 107 cm³/mol. The Kier molecular flexibility index (Phi) is 4.49. The molecule has 0 fully saturated rings. The zero-order valence-corrected chi connectivity index (χ0v) is 14.7. The van der Waals surface area contributed by atoms with Crippen molar-refractivity contribution in [3.63, 3.8) is 0 Å². The summed E-state index contributed by atoms with van der Waals surface area (Å²) < 4.78 is 13.7. The van der Waals surface area contributed by atoms with Crippen molar-refractivity contribution in [3.05, 3.63) is 90.4 Å². The van der Waals surface area contributed by atoms with Gasteiger partial charge in [-0.3, -0.25) is 4.98 Å². The van der Waals surface area contributed by atoms with E-state index in [9.17, 15) is 4.39 Å². The van der Waals surface area contributed by atoms with Crippen molar-refractivity contribution < 1.29 is 4.39 Å². The number of aromatic nitrogens is 1. The first-order valence-corrected chi connectivity index (χ1v) is 8.98. The molecule has 0 aliphatic heterocycles. The molecule has 0 atom stereocenters. The van der Waals surface area contributed by atoms with Crippen LogP contribution in [0.4, 0.5) is 4.39 Å². The average molecular weight is 341 g/mol. The highest BCUT2D eigenvalue weighted by atomic mass is 19.1. The smallest absolute Gasteiger partial charge is 0.123 e. The van der Waals surface area contributed by atoms with Crippen LogP contribution in [0.15, 0.2) is 79.0 Å². The van der Waals surface area contributed by atoms with E-state index >= 15 is 0 Å². The van der Waals surface area contributed by atoms with Crippen LogP contribution in [-0.4, -0.2) is 4.98 Å². The molecule has 3 aromatic carbocycles. The molecule has 1 nitrogen and oxygen atoms in total. The first-order valence-electron chi connectivity index (χ1n) is 8.98. The summed E-state index contributed by atoms with van der Waals surface area (Å²) in [7, 11) is 0. The highest BCUT2D eigenvalue weighted by Gasteiger charge is 2.08. The van der Waals surface area contributed by atoms with Crippen molar-refractivity contribution in [2.45, 2.75) is 19.8 Å². The lowest BCUT2D eigenvalue weighted by molar-refractivity contribution is 0.629.